The molecule has 2 heterocycles. The van der Waals surface area contributed by atoms with Crippen molar-refractivity contribution in [3.05, 3.63) is 47.5 Å². The SMILES string of the molecule is Cc1cc(C(=O)Nc2ncccc2C(=O)O)co1. The fourth-order valence-corrected chi connectivity index (χ4v) is 1.42. The minimum Gasteiger partial charge on any atom is -0.478 e. The van der Waals surface area contributed by atoms with Gasteiger partial charge in [-0.05, 0) is 25.1 Å². The van der Waals surface area contributed by atoms with Crippen molar-refractivity contribution in [3.8, 4) is 0 Å². The zero-order chi connectivity index (χ0) is 13.1. The number of amides is 1. The first-order chi connectivity index (χ1) is 8.58. The number of hydrogen-bond acceptors (Lipinski definition) is 4. The lowest BCUT2D eigenvalue weighted by atomic mass is 10.2. The number of rotatable bonds is 3. The molecule has 0 unspecified atom stereocenters. The number of nitrogens with zero attached hydrogens (tertiary/aromatic N) is 1. The van der Waals surface area contributed by atoms with E-state index in [2.05, 4.69) is 10.3 Å². The molecular formula is C12H10N2O4. The molecule has 18 heavy (non-hydrogen) atoms. The molecule has 0 aliphatic heterocycles. The molecule has 0 atom stereocenters. The van der Waals surface area contributed by atoms with E-state index >= 15 is 0 Å². The van der Waals surface area contributed by atoms with Crippen LogP contribution in [0, 0.1) is 6.92 Å². The van der Waals surface area contributed by atoms with Gasteiger partial charge in [0.05, 0.1) is 5.56 Å². The molecule has 0 bridgehead atoms. The van der Waals surface area contributed by atoms with Crippen molar-refractivity contribution in [3.63, 3.8) is 0 Å². The van der Waals surface area contributed by atoms with E-state index in [0.29, 0.717) is 11.3 Å². The standard InChI is InChI=1S/C12H10N2O4/c1-7-5-8(6-18-7)11(15)14-10-9(12(16)17)3-2-4-13-10/h2-6H,1H3,(H,16,17)(H,13,14,15). The number of carbonyl (C=O) groups excluding carboxylic acids is 1. The van der Waals surface area contributed by atoms with Gasteiger partial charge in [-0.3, -0.25) is 4.79 Å². The first-order valence-corrected chi connectivity index (χ1v) is 5.12. The lowest BCUT2D eigenvalue weighted by Gasteiger charge is -2.05. The quantitative estimate of drug-likeness (QED) is 0.863. The fourth-order valence-electron chi connectivity index (χ4n) is 1.42. The zero-order valence-electron chi connectivity index (χ0n) is 9.51. The van der Waals surface area contributed by atoms with Crippen molar-refractivity contribution in [2.45, 2.75) is 6.92 Å². The monoisotopic (exact) mass is 246 g/mol. The molecule has 92 valence electrons. The highest BCUT2D eigenvalue weighted by Crippen LogP contribution is 2.14. The fraction of sp³-hybridized carbons (Fsp3) is 0.0833. The van der Waals surface area contributed by atoms with Gasteiger partial charge >= 0.3 is 5.97 Å². The lowest BCUT2D eigenvalue weighted by molar-refractivity contribution is 0.0697. The van der Waals surface area contributed by atoms with Crippen LogP contribution in [0.2, 0.25) is 0 Å². The Morgan fingerprint density at radius 3 is 2.83 bits per heavy atom. The highest BCUT2D eigenvalue weighted by Gasteiger charge is 2.15. The van der Waals surface area contributed by atoms with Crippen molar-refractivity contribution < 1.29 is 19.1 Å². The largest absolute Gasteiger partial charge is 0.478 e. The zero-order valence-corrected chi connectivity index (χ0v) is 9.51. The van der Waals surface area contributed by atoms with Gasteiger partial charge in [-0.25, -0.2) is 9.78 Å². The van der Waals surface area contributed by atoms with E-state index in [1.54, 1.807) is 13.0 Å². The minimum atomic E-state index is -1.15. The Bertz CT molecular complexity index is 604. The molecule has 0 aliphatic rings. The Labute approximate surface area is 102 Å². The Hall–Kier alpha value is -2.63. The average molecular weight is 246 g/mol. The Morgan fingerprint density at radius 1 is 1.44 bits per heavy atom. The van der Waals surface area contributed by atoms with E-state index in [0.717, 1.165) is 0 Å². The van der Waals surface area contributed by atoms with Crippen LogP contribution in [0.5, 0.6) is 0 Å². The summed E-state index contributed by atoms with van der Waals surface area (Å²) in [5.74, 6) is -1.01. The molecule has 0 saturated heterocycles. The smallest absolute Gasteiger partial charge is 0.339 e. The predicted octanol–water partition coefficient (Wildman–Crippen LogP) is 1.93. The summed E-state index contributed by atoms with van der Waals surface area (Å²) in [7, 11) is 0. The third-order valence-electron chi connectivity index (χ3n) is 2.26. The highest BCUT2D eigenvalue weighted by atomic mass is 16.4. The van der Waals surface area contributed by atoms with Gasteiger partial charge in [-0.2, -0.15) is 0 Å². The summed E-state index contributed by atoms with van der Waals surface area (Å²) in [4.78, 5) is 26.6. The van der Waals surface area contributed by atoms with Crippen LogP contribution in [0.25, 0.3) is 0 Å². The number of carbonyl (C=O) groups is 2. The van der Waals surface area contributed by atoms with Crippen LogP contribution < -0.4 is 5.32 Å². The Balaban J connectivity index is 2.24. The summed E-state index contributed by atoms with van der Waals surface area (Å²) in [5.41, 5.74) is 0.251. The molecular weight excluding hydrogens is 236 g/mol. The summed E-state index contributed by atoms with van der Waals surface area (Å²) >= 11 is 0. The van der Waals surface area contributed by atoms with E-state index < -0.39 is 11.9 Å². The number of aromatic nitrogens is 1. The van der Waals surface area contributed by atoms with Gasteiger partial charge in [0.2, 0.25) is 0 Å². The summed E-state index contributed by atoms with van der Waals surface area (Å²) in [6, 6.07) is 4.41. The van der Waals surface area contributed by atoms with Crippen LogP contribution in [0.4, 0.5) is 5.82 Å². The molecule has 0 spiro atoms. The topological polar surface area (TPSA) is 92.4 Å². The predicted molar refractivity (Wildman–Crippen MR) is 62.6 cm³/mol. The second kappa shape index (κ2) is 4.70. The number of furan rings is 1. The van der Waals surface area contributed by atoms with Gasteiger partial charge < -0.3 is 14.8 Å². The molecule has 2 rings (SSSR count). The van der Waals surface area contributed by atoms with Crippen molar-refractivity contribution in [1.29, 1.82) is 0 Å². The van der Waals surface area contributed by atoms with Crippen LogP contribution >= 0.6 is 0 Å². The highest BCUT2D eigenvalue weighted by molar-refractivity contribution is 6.06. The second-order valence-electron chi connectivity index (χ2n) is 3.60. The van der Waals surface area contributed by atoms with Crippen molar-refractivity contribution in [1.82, 2.24) is 4.98 Å². The van der Waals surface area contributed by atoms with Gasteiger partial charge in [0.25, 0.3) is 5.91 Å². The summed E-state index contributed by atoms with van der Waals surface area (Å²) in [6.07, 6.45) is 2.71. The molecule has 1 amide bonds. The Kier molecular flexibility index (Phi) is 3.09. The normalized spacial score (nSPS) is 10.1. The number of carboxylic acid groups (broad SMARTS) is 1. The minimum absolute atomic E-state index is 0.00820. The molecule has 0 radical (unpaired) electrons. The van der Waals surface area contributed by atoms with E-state index in [4.69, 9.17) is 9.52 Å². The number of nitrogens with one attached hydrogen (secondary N) is 1. The average Bonchev–Trinajstić information content (AvgIpc) is 2.76. The molecule has 2 N–H and O–H groups in total. The van der Waals surface area contributed by atoms with Crippen molar-refractivity contribution in [2.75, 3.05) is 5.32 Å². The van der Waals surface area contributed by atoms with Crippen molar-refractivity contribution in [2.24, 2.45) is 0 Å². The maximum Gasteiger partial charge on any atom is 0.339 e. The second-order valence-corrected chi connectivity index (χ2v) is 3.60. The first-order valence-electron chi connectivity index (χ1n) is 5.12. The number of anilines is 1. The summed E-state index contributed by atoms with van der Waals surface area (Å²) in [5, 5.41) is 11.4. The molecule has 2 aromatic rings. The van der Waals surface area contributed by atoms with Crippen LogP contribution in [-0.2, 0) is 0 Å². The number of pyridine rings is 1. The van der Waals surface area contributed by atoms with E-state index in [9.17, 15) is 9.59 Å². The van der Waals surface area contributed by atoms with Crippen LogP contribution in [0.1, 0.15) is 26.5 Å². The van der Waals surface area contributed by atoms with E-state index in [1.165, 1.54) is 24.6 Å². The summed E-state index contributed by atoms with van der Waals surface area (Å²) < 4.78 is 5.00. The van der Waals surface area contributed by atoms with Gasteiger partial charge in [0, 0.05) is 6.20 Å². The molecule has 0 fully saturated rings. The van der Waals surface area contributed by atoms with Crippen LogP contribution in [0.3, 0.4) is 0 Å². The molecule has 0 aliphatic carbocycles. The molecule has 6 nitrogen and oxygen atoms in total. The lowest BCUT2D eigenvalue weighted by Crippen LogP contribution is -2.15. The van der Waals surface area contributed by atoms with Crippen molar-refractivity contribution >= 4 is 17.7 Å². The third kappa shape index (κ3) is 2.37. The third-order valence-corrected chi connectivity index (χ3v) is 2.26. The van der Waals surface area contributed by atoms with Gasteiger partial charge in [0.15, 0.2) is 0 Å². The summed E-state index contributed by atoms with van der Waals surface area (Å²) in [6.45, 7) is 1.71. The van der Waals surface area contributed by atoms with E-state index in [1.807, 2.05) is 0 Å². The maximum absolute atomic E-state index is 11.8. The molecule has 0 aromatic carbocycles. The molecule has 6 heteroatoms. The van der Waals surface area contributed by atoms with Gasteiger partial charge in [0.1, 0.15) is 23.4 Å². The molecule has 0 saturated carbocycles. The van der Waals surface area contributed by atoms with Gasteiger partial charge in [-0.15, -0.1) is 0 Å². The number of hydrogen-bond donors (Lipinski definition) is 2. The Morgan fingerprint density at radius 2 is 2.22 bits per heavy atom. The maximum atomic E-state index is 11.8. The number of aryl methyl sites for hydroxylation is 1. The van der Waals surface area contributed by atoms with Crippen LogP contribution in [0.15, 0.2) is 35.1 Å². The molecule has 2 aromatic heterocycles. The van der Waals surface area contributed by atoms with Gasteiger partial charge in [-0.1, -0.05) is 0 Å². The first kappa shape index (κ1) is 11.8. The number of aromatic carboxylic acids is 1. The van der Waals surface area contributed by atoms with Crippen LogP contribution in [-0.4, -0.2) is 22.0 Å². The van der Waals surface area contributed by atoms with E-state index in [-0.39, 0.29) is 11.4 Å². The number of carboxylic acids is 1.